The molecular formula is C21H25O6P. The van der Waals surface area contributed by atoms with E-state index < -0.39 is 19.0 Å². The second kappa shape index (κ2) is 7.12. The van der Waals surface area contributed by atoms with Crippen molar-refractivity contribution in [2.45, 2.75) is 37.9 Å². The smallest absolute Gasteiger partial charge is 0.403 e. The molecule has 0 aromatic heterocycles. The molecule has 2 heterocycles. The highest BCUT2D eigenvalue weighted by atomic mass is 31.2. The summed E-state index contributed by atoms with van der Waals surface area (Å²) < 4.78 is 42.3. The number of ether oxygens (including phenoxy) is 2. The van der Waals surface area contributed by atoms with Crippen molar-refractivity contribution in [1.29, 1.82) is 0 Å². The quantitative estimate of drug-likeness (QED) is 0.652. The molecule has 3 aliphatic rings. The molecule has 0 amide bonds. The van der Waals surface area contributed by atoms with Gasteiger partial charge in [-0.05, 0) is 24.3 Å². The summed E-state index contributed by atoms with van der Waals surface area (Å²) >= 11 is 0. The van der Waals surface area contributed by atoms with Crippen molar-refractivity contribution in [2.24, 2.45) is 5.41 Å². The summed E-state index contributed by atoms with van der Waals surface area (Å²) in [5.74, 6) is 0.0547. The van der Waals surface area contributed by atoms with E-state index in [9.17, 15) is 4.57 Å². The zero-order chi connectivity index (χ0) is 19.1. The van der Waals surface area contributed by atoms with Crippen LogP contribution in [0.5, 0.6) is 5.75 Å². The van der Waals surface area contributed by atoms with E-state index >= 15 is 0 Å². The molecule has 5 rings (SSSR count). The van der Waals surface area contributed by atoms with Crippen LogP contribution in [0.4, 0.5) is 0 Å². The highest BCUT2D eigenvalue weighted by molar-refractivity contribution is 7.49. The molecule has 0 bridgehead atoms. The molecule has 3 fully saturated rings. The molecule has 2 aromatic carbocycles. The maximum absolute atomic E-state index is 13.0. The molecule has 2 spiro atoms. The molecular weight excluding hydrogens is 379 g/mol. The van der Waals surface area contributed by atoms with Gasteiger partial charge in [0.25, 0.3) is 0 Å². The molecule has 6 nitrogen and oxygen atoms in total. The normalized spacial score (nSPS) is 25.7. The second-order valence-corrected chi connectivity index (χ2v) is 9.70. The van der Waals surface area contributed by atoms with Crippen LogP contribution in [0.25, 0.3) is 10.8 Å². The Kier molecular flexibility index (Phi) is 4.73. The molecule has 28 heavy (non-hydrogen) atoms. The number of fused-ring (bicyclic) bond motifs is 1. The zero-order valence-corrected chi connectivity index (χ0v) is 16.7. The van der Waals surface area contributed by atoms with E-state index in [1.54, 1.807) is 6.07 Å². The van der Waals surface area contributed by atoms with Crippen molar-refractivity contribution in [3.8, 4) is 5.75 Å². The molecule has 0 radical (unpaired) electrons. The van der Waals surface area contributed by atoms with E-state index in [0.717, 1.165) is 36.5 Å². The van der Waals surface area contributed by atoms with Crippen LogP contribution in [0.15, 0.2) is 42.5 Å². The van der Waals surface area contributed by atoms with Gasteiger partial charge in [0.1, 0.15) is 5.75 Å². The first-order valence-corrected chi connectivity index (χ1v) is 11.4. The highest BCUT2D eigenvalue weighted by Gasteiger charge is 2.51. The lowest BCUT2D eigenvalue weighted by Gasteiger charge is -2.48. The Morgan fingerprint density at radius 3 is 2.25 bits per heavy atom. The van der Waals surface area contributed by atoms with Crippen LogP contribution in [-0.4, -0.2) is 32.2 Å². The van der Waals surface area contributed by atoms with E-state index in [0.29, 0.717) is 19.0 Å². The average Bonchev–Trinajstić information content (AvgIpc) is 2.74. The largest absolute Gasteiger partial charge is 0.530 e. The van der Waals surface area contributed by atoms with Gasteiger partial charge in [-0.3, -0.25) is 9.05 Å². The molecule has 150 valence electrons. The molecule has 0 N–H and O–H groups in total. The van der Waals surface area contributed by atoms with Crippen molar-refractivity contribution >= 4 is 18.6 Å². The van der Waals surface area contributed by atoms with Crippen molar-refractivity contribution < 1.29 is 27.6 Å². The Labute approximate surface area is 164 Å². The first kappa shape index (κ1) is 18.6. The average molecular weight is 404 g/mol. The number of phosphoric ester groups is 1. The van der Waals surface area contributed by atoms with E-state index in [4.69, 9.17) is 23.0 Å². The number of hydrogen-bond acceptors (Lipinski definition) is 6. The predicted octanol–water partition coefficient (Wildman–Crippen LogP) is 5.07. The van der Waals surface area contributed by atoms with Gasteiger partial charge in [0.2, 0.25) is 0 Å². The van der Waals surface area contributed by atoms with Crippen LogP contribution in [0.2, 0.25) is 0 Å². The Bertz CT molecular complexity index is 877. The minimum atomic E-state index is -3.68. The van der Waals surface area contributed by atoms with E-state index in [2.05, 4.69) is 0 Å². The summed E-state index contributed by atoms with van der Waals surface area (Å²) in [4.78, 5) is 0. The van der Waals surface area contributed by atoms with Crippen LogP contribution >= 0.6 is 7.82 Å². The molecule has 0 unspecified atom stereocenters. The van der Waals surface area contributed by atoms with Gasteiger partial charge in [-0.1, -0.05) is 42.8 Å². The van der Waals surface area contributed by atoms with Crippen molar-refractivity contribution in [3.63, 3.8) is 0 Å². The third-order valence-electron chi connectivity index (χ3n) is 5.92. The van der Waals surface area contributed by atoms with Gasteiger partial charge >= 0.3 is 7.82 Å². The zero-order valence-electron chi connectivity index (χ0n) is 15.8. The fraction of sp³-hybridized carbons (Fsp3) is 0.524. The lowest BCUT2D eigenvalue weighted by atomic mass is 9.88. The van der Waals surface area contributed by atoms with Crippen molar-refractivity contribution in [3.05, 3.63) is 42.5 Å². The maximum Gasteiger partial charge on any atom is 0.530 e. The predicted molar refractivity (Wildman–Crippen MR) is 104 cm³/mol. The molecule has 1 saturated carbocycles. The minimum absolute atomic E-state index is 0.227. The number of benzene rings is 2. The van der Waals surface area contributed by atoms with Crippen LogP contribution in [0.1, 0.15) is 32.1 Å². The number of hydrogen-bond donors (Lipinski definition) is 0. The molecule has 2 aliphatic heterocycles. The van der Waals surface area contributed by atoms with Crippen LogP contribution < -0.4 is 4.52 Å². The third kappa shape index (κ3) is 3.49. The second-order valence-electron chi connectivity index (χ2n) is 8.11. The van der Waals surface area contributed by atoms with Gasteiger partial charge in [-0.15, -0.1) is 0 Å². The molecule has 1 aliphatic carbocycles. The van der Waals surface area contributed by atoms with Gasteiger partial charge in [0.15, 0.2) is 5.79 Å². The molecule has 7 heteroatoms. The van der Waals surface area contributed by atoms with Gasteiger partial charge in [-0.2, -0.15) is 0 Å². The lowest BCUT2D eigenvalue weighted by Crippen LogP contribution is -2.55. The summed E-state index contributed by atoms with van der Waals surface area (Å²) in [6.07, 6.45) is 5.38. The minimum Gasteiger partial charge on any atom is -0.403 e. The Balaban J connectivity index is 1.26. The van der Waals surface area contributed by atoms with Crippen LogP contribution in [-0.2, 0) is 23.1 Å². The van der Waals surface area contributed by atoms with Gasteiger partial charge in [-0.25, -0.2) is 4.57 Å². The van der Waals surface area contributed by atoms with Crippen molar-refractivity contribution in [1.82, 2.24) is 0 Å². The first-order chi connectivity index (χ1) is 13.6. The fourth-order valence-electron chi connectivity index (χ4n) is 4.16. The van der Waals surface area contributed by atoms with E-state index in [-0.39, 0.29) is 13.2 Å². The SMILES string of the molecule is O=P1(Oc2cccc3ccccc23)OCC2(COC3(CCCCC3)OC2)CO1. The van der Waals surface area contributed by atoms with E-state index in [1.807, 2.05) is 36.4 Å². The Morgan fingerprint density at radius 1 is 0.821 bits per heavy atom. The monoisotopic (exact) mass is 404 g/mol. The molecule has 0 atom stereocenters. The Morgan fingerprint density at radius 2 is 1.50 bits per heavy atom. The van der Waals surface area contributed by atoms with Crippen molar-refractivity contribution in [2.75, 3.05) is 26.4 Å². The standard InChI is InChI=1S/C21H25O6P/c22-28(27-19-10-6-8-17-7-2-3-9-18(17)19)25-15-20(16-26-28)13-23-21(24-14-20)11-4-1-5-12-21/h2-3,6-10H,1,4-5,11-16H2. The van der Waals surface area contributed by atoms with E-state index in [1.165, 1.54) is 6.42 Å². The fourth-order valence-corrected chi connectivity index (χ4v) is 5.60. The molecule has 2 saturated heterocycles. The van der Waals surface area contributed by atoms with Crippen LogP contribution in [0.3, 0.4) is 0 Å². The summed E-state index contributed by atoms with van der Waals surface area (Å²) in [6, 6.07) is 13.4. The van der Waals surface area contributed by atoms with Crippen LogP contribution in [0, 0.1) is 5.41 Å². The Hall–Kier alpha value is -1.43. The number of rotatable bonds is 2. The summed E-state index contributed by atoms with van der Waals surface area (Å²) in [6.45, 7) is 1.43. The summed E-state index contributed by atoms with van der Waals surface area (Å²) in [5, 5.41) is 1.88. The topological polar surface area (TPSA) is 63.2 Å². The maximum atomic E-state index is 13.0. The van der Waals surface area contributed by atoms with Gasteiger partial charge < -0.3 is 14.0 Å². The molecule has 2 aromatic rings. The third-order valence-corrected chi connectivity index (χ3v) is 7.23. The first-order valence-electron chi connectivity index (χ1n) is 9.94. The van der Waals surface area contributed by atoms with Gasteiger partial charge in [0, 0.05) is 18.2 Å². The summed E-state index contributed by atoms with van der Waals surface area (Å²) in [5.41, 5.74) is -0.432. The lowest BCUT2D eigenvalue weighted by molar-refractivity contribution is -0.324. The number of phosphoric acid groups is 1. The van der Waals surface area contributed by atoms with Gasteiger partial charge in [0.05, 0.1) is 31.8 Å². The summed E-state index contributed by atoms with van der Waals surface area (Å²) in [7, 11) is -3.68. The highest BCUT2D eigenvalue weighted by Crippen LogP contribution is 2.56.